The van der Waals surface area contributed by atoms with Crippen LogP contribution in [0.4, 0.5) is 0 Å². The molecular weight excluding hydrogens is 234 g/mol. The standard InChI is InChI=1S/C13H19NO4/c1-2-18-11(15)7-8-14-12(16)9-5-3-4-6-10(9)13(14)17/h9-10H,2-8H2,1H3. The molecule has 1 saturated carbocycles. The molecule has 2 atom stereocenters. The number of nitrogens with zero attached hydrogens (tertiary/aromatic N) is 1. The molecule has 100 valence electrons. The van der Waals surface area contributed by atoms with Gasteiger partial charge in [0.15, 0.2) is 0 Å². The second-order valence-corrected chi connectivity index (χ2v) is 4.88. The fraction of sp³-hybridized carbons (Fsp3) is 0.769. The smallest absolute Gasteiger partial charge is 0.307 e. The minimum atomic E-state index is -0.354. The van der Waals surface area contributed by atoms with Crippen LogP contribution in [0.1, 0.15) is 39.0 Å². The molecule has 0 aromatic rings. The molecule has 0 spiro atoms. The van der Waals surface area contributed by atoms with Gasteiger partial charge in [-0.1, -0.05) is 12.8 Å². The number of amides is 2. The van der Waals surface area contributed by atoms with Gasteiger partial charge < -0.3 is 4.74 Å². The van der Waals surface area contributed by atoms with E-state index in [1.807, 2.05) is 0 Å². The van der Waals surface area contributed by atoms with Gasteiger partial charge in [0.2, 0.25) is 11.8 Å². The quantitative estimate of drug-likeness (QED) is 0.556. The van der Waals surface area contributed by atoms with Crippen molar-refractivity contribution in [2.75, 3.05) is 13.2 Å². The second-order valence-electron chi connectivity index (χ2n) is 4.88. The van der Waals surface area contributed by atoms with Crippen LogP contribution in [-0.4, -0.2) is 35.8 Å². The Morgan fingerprint density at radius 2 is 1.78 bits per heavy atom. The van der Waals surface area contributed by atoms with Gasteiger partial charge in [-0.15, -0.1) is 0 Å². The normalized spacial score (nSPS) is 27.3. The Balaban J connectivity index is 1.94. The third-order valence-electron chi connectivity index (χ3n) is 3.78. The number of carbonyl (C=O) groups excluding carboxylic acids is 3. The van der Waals surface area contributed by atoms with Crippen molar-refractivity contribution < 1.29 is 19.1 Å². The zero-order chi connectivity index (χ0) is 13.1. The fourth-order valence-electron chi connectivity index (χ4n) is 2.89. The summed E-state index contributed by atoms with van der Waals surface area (Å²) < 4.78 is 4.80. The number of likely N-dealkylation sites (tertiary alicyclic amines) is 1. The van der Waals surface area contributed by atoms with Gasteiger partial charge in [0.25, 0.3) is 0 Å². The lowest BCUT2D eigenvalue weighted by Gasteiger charge is -2.19. The maximum atomic E-state index is 12.1. The van der Waals surface area contributed by atoms with Gasteiger partial charge in [-0.2, -0.15) is 0 Å². The Bertz CT molecular complexity index is 342. The first-order valence-corrected chi connectivity index (χ1v) is 6.66. The van der Waals surface area contributed by atoms with Crippen LogP contribution in [0, 0.1) is 11.8 Å². The number of ether oxygens (including phenoxy) is 1. The Labute approximate surface area is 106 Å². The van der Waals surface area contributed by atoms with E-state index in [0.717, 1.165) is 25.7 Å². The zero-order valence-electron chi connectivity index (χ0n) is 10.7. The summed E-state index contributed by atoms with van der Waals surface area (Å²) in [5.41, 5.74) is 0. The number of esters is 1. The molecule has 0 N–H and O–H groups in total. The molecule has 1 aliphatic carbocycles. The topological polar surface area (TPSA) is 63.7 Å². The molecule has 2 fully saturated rings. The van der Waals surface area contributed by atoms with Crippen molar-refractivity contribution in [1.29, 1.82) is 0 Å². The van der Waals surface area contributed by atoms with Gasteiger partial charge in [-0.25, -0.2) is 0 Å². The average Bonchev–Trinajstić information content (AvgIpc) is 2.61. The minimum absolute atomic E-state index is 0.0889. The molecule has 2 unspecified atom stereocenters. The van der Waals surface area contributed by atoms with Crippen molar-refractivity contribution in [2.45, 2.75) is 39.0 Å². The summed E-state index contributed by atoms with van der Waals surface area (Å²) in [6.45, 7) is 2.23. The second kappa shape index (κ2) is 5.50. The lowest BCUT2D eigenvalue weighted by atomic mass is 9.81. The van der Waals surface area contributed by atoms with E-state index in [9.17, 15) is 14.4 Å². The van der Waals surface area contributed by atoms with E-state index in [0.29, 0.717) is 6.61 Å². The van der Waals surface area contributed by atoms with Crippen molar-refractivity contribution in [2.24, 2.45) is 11.8 Å². The van der Waals surface area contributed by atoms with E-state index in [2.05, 4.69) is 0 Å². The van der Waals surface area contributed by atoms with Crippen LogP contribution in [0.25, 0.3) is 0 Å². The van der Waals surface area contributed by atoms with Gasteiger partial charge in [0.1, 0.15) is 0 Å². The monoisotopic (exact) mass is 253 g/mol. The molecule has 1 heterocycles. The van der Waals surface area contributed by atoms with Crippen molar-refractivity contribution in [3.8, 4) is 0 Å². The number of fused-ring (bicyclic) bond motifs is 1. The lowest BCUT2D eigenvalue weighted by molar-refractivity contribution is -0.145. The number of imide groups is 1. The minimum Gasteiger partial charge on any atom is -0.466 e. The third-order valence-corrected chi connectivity index (χ3v) is 3.78. The Morgan fingerprint density at radius 3 is 2.28 bits per heavy atom. The molecule has 0 aromatic heterocycles. The molecular formula is C13H19NO4. The SMILES string of the molecule is CCOC(=O)CCN1C(=O)C2CCCCC2C1=O. The highest BCUT2D eigenvalue weighted by Crippen LogP contribution is 2.37. The van der Waals surface area contributed by atoms with E-state index < -0.39 is 0 Å². The summed E-state index contributed by atoms with van der Waals surface area (Å²) in [6.07, 6.45) is 3.76. The molecule has 2 aliphatic rings. The summed E-state index contributed by atoms with van der Waals surface area (Å²) in [6, 6.07) is 0. The summed E-state index contributed by atoms with van der Waals surface area (Å²) in [5.74, 6) is -0.794. The lowest BCUT2D eigenvalue weighted by Crippen LogP contribution is -2.33. The van der Waals surface area contributed by atoms with E-state index >= 15 is 0 Å². The van der Waals surface area contributed by atoms with Gasteiger partial charge in [-0.3, -0.25) is 19.3 Å². The molecule has 5 heteroatoms. The summed E-state index contributed by atoms with van der Waals surface area (Å²) in [5, 5.41) is 0. The molecule has 18 heavy (non-hydrogen) atoms. The highest BCUT2D eigenvalue weighted by atomic mass is 16.5. The van der Waals surface area contributed by atoms with Crippen LogP contribution in [0.15, 0.2) is 0 Å². The first kappa shape index (κ1) is 13.1. The largest absolute Gasteiger partial charge is 0.466 e. The van der Waals surface area contributed by atoms with Gasteiger partial charge in [-0.05, 0) is 19.8 Å². The average molecular weight is 253 g/mol. The van der Waals surface area contributed by atoms with Crippen LogP contribution in [0.5, 0.6) is 0 Å². The molecule has 1 aliphatic heterocycles. The number of hydrogen-bond acceptors (Lipinski definition) is 4. The van der Waals surface area contributed by atoms with E-state index in [1.165, 1.54) is 4.90 Å². The van der Waals surface area contributed by atoms with Crippen LogP contribution in [0.3, 0.4) is 0 Å². The molecule has 1 saturated heterocycles. The maximum absolute atomic E-state index is 12.1. The highest BCUT2D eigenvalue weighted by molar-refractivity contribution is 6.05. The molecule has 0 bridgehead atoms. The molecule has 2 amide bonds. The Kier molecular flexibility index (Phi) is 3.99. The van der Waals surface area contributed by atoms with Crippen LogP contribution >= 0.6 is 0 Å². The summed E-state index contributed by atoms with van der Waals surface area (Å²) in [4.78, 5) is 36.7. The predicted octanol–water partition coefficient (Wildman–Crippen LogP) is 1.11. The predicted molar refractivity (Wildman–Crippen MR) is 63.4 cm³/mol. The Morgan fingerprint density at radius 1 is 1.22 bits per heavy atom. The fourth-order valence-corrected chi connectivity index (χ4v) is 2.89. The molecule has 0 radical (unpaired) electrons. The van der Waals surface area contributed by atoms with E-state index in [4.69, 9.17) is 4.74 Å². The van der Waals surface area contributed by atoms with Crippen molar-refractivity contribution in [3.63, 3.8) is 0 Å². The maximum Gasteiger partial charge on any atom is 0.307 e. The molecule has 5 nitrogen and oxygen atoms in total. The molecule has 2 rings (SSSR count). The van der Waals surface area contributed by atoms with Crippen LogP contribution < -0.4 is 0 Å². The van der Waals surface area contributed by atoms with Gasteiger partial charge >= 0.3 is 5.97 Å². The zero-order valence-corrected chi connectivity index (χ0v) is 10.7. The first-order chi connectivity index (χ1) is 8.65. The number of rotatable bonds is 4. The van der Waals surface area contributed by atoms with Crippen molar-refractivity contribution >= 4 is 17.8 Å². The van der Waals surface area contributed by atoms with E-state index in [1.54, 1.807) is 6.92 Å². The third kappa shape index (κ3) is 2.40. The van der Waals surface area contributed by atoms with Crippen LogP contribution in [0.2, 0.25) is 0 Å². The Hall–Kier alpha value is -1.39. The molecule has 0 aromatic carbocycles. The van der Waals surface area contributed by atoms with Gasteiger partial charge in [0.05, 0.1) is 24.9 Å². The highest BCUT2D eigenvalue weighted by Gasteiger charge is 2.47. The summed E-state index contributed by atoms with van der Waals surface area (Å²) in [7, 11) is 0. The number of hydrogen-bond donors (Lipinski definition) is 0. The first-order valence-electron chi connectivity index (χ1n) is 6.66. The van der Waals surface area contributed by atoms with Crippen molar-refractivity contribution in [3.05, 3.63) is 0 Å². The van der Waals surface area contributed by atoms with Crippen LogP contribution in [-0.2, 0) is 19.1 Å². The van der Waals surface area contributed by atoms with Gasteiger partial charge in [0, 0.05) is 6.54 Å². The summed E-state index contributed by atoms with van der Waals surface area (Å²) >= 11 is 0. The van der Waals surface area contributed by atoms with Crippen molar-refractivity contribution in [1.82, 2.24) is 4.90 Å². The number of carbonyl (C=O) groups is 3. The van der Waals surface area contributed by atoms with E-state index in [-0.39, 0.29) is 42.6 Å².